The standard InChI is InChI=1S/C7H9F3N2O2S/c8-7(9,10)5(13)14-12(6(11)15)3-4-1-2-4/h4H,1-3H2,(H2,11,15). The van der Waals surface area contributed by atoms with Crippen LogP contribution < -0.4 is 5.73 Å². The molecule has 0 aromatic carbocycles. The van der Waals surface area contributed by atoms with Crippen molar-refractivity contribution in [3.63, 3.8) is 0 Å². The van der Waals surface area contributed by atoms with Crippen LogP contribution in [0.4, 0.5) is 13.2 Å². The first-order valence-electron chi connectivity index (χ1n) is 4.17. The fourth-order valence-electron chi connectivity index (χ4n) is 0.859. The van der Waals surface area contributed by atoms with Crippen molar-refractivity contribution in [3.05, 3.63) is 0 Å². The van der Waals surface area contributed by atoms with E-state index in [0.717, 1.165) is 12.8 Å². The van der Waals surface area contributed by atoms with Crippen LogP contribution in [0.3, 0.4) is 0 Å². The van der Waals surface area contributed by atoms with Crippen LogP contribution in [0.1, 0.15) is 12.8 Å². The fourth-order valence-corrected chi connectivity index (χ4v) is 0.971. The maximum atomic E-state index is 11.8. The van der Waals surface area contributed by atoms with Gasteiger partial charge in [-0.1, -0.05) is 0 Å². The van der Waals surface area contributed by atoms with Gasteiger partial charge < -0.3 is 10.6 Å². The van der Waals surface area contributed by atoms with E-state index < -0.39 is 12.1 Å². The quantitative estimate of drug-likeness (QED) is 0.577. The average Bonchev–Trinajstić information content (AvgIpc) is 2.84. The first-order valence-corrected chi connectivity index (χ1v) is 4.57. The lowest BCUT2D eigenvalue weighted by Crippen LogP contribution is -2.42. The number of alkyl halides is 3. The van der Waals surface area contributed by atoms with E-state index in [9.17, 15) is 18.0 Å². The van der Waals surface area contributed by atoms with Gasteiger partial charge in [0.2, 0.25) is 0 Å². The summed E-state index contributed by atoms with van der Waals surface area (Å²) in [7, 11) is 0. The van der Waals surface area contributed by atoms with Gasteiger partial charge in [0.05, 0.1) is 6.54 Å². The molecular formula is C7H9F3N2O2S. The number of nitrogens with two attached hydrogens (primary N) is 1. The van der Waals surface area contributed by atoms with Crippen molar-refractivity contribution in [1.29, 1.82) is 0 Å². The van der Waals surface area contributed by atoms with E-state index in [1.54, 1.807) is 0 Å². The molecule has 1 fully saturated rings. The predicted octanol–water partition coefficient (Wildman–Crippen LogP) is 0.963. The number of rotatable bonds is 2. The van der Waals surface area contributed by atoms with E-state index in [4.69, 9.17) is 5.73 Å². The van der Waals surface area contributed by atoms with Gasteiger partial charge in [0.25, 0.3) is 0 Å². The molecule has 0 amide bonds. The molecule has 0 aromatic heterocycles. The molecule has 86 valence electrons. The third-order valence-corrected chi connectivity index (χ3v) is 1.99. The summed E-state index contributed by atoms with van der Waals surface area (Å²) in [6.07, 6.45) is -3.28. The number of hydroxylamine groups is 2. The van der Waals surface area contributed by atoms with Gasteiger partial charge in [-0.25, -0.2) is 4.79 Å². The molecule has 0 saturated heterocycles. The van der Waals surface area contributed by atoms with Crippen molar-refractivity contribution in [2.24, 2.45) is 11.7 Å². The SMILES string of the molecule is NC(=S)N(CC1CC1)OC(=O)C(F)(F)F. The zero-order valence-corrected chi connectivity index (χ0v) is 8.40. The number of thiocarbonyl (C=S) groups is 1. The number of carbonyl (C=O) groups excluding carboxylic acids is 1. The van der Waals surface area contributed by atoms with Gasteiger partial charge in [-0.3, -0.25) is 0 Å². The number of nitrogens with zero attached hydrogens (tertiary/aromatic N) is 1. The highest BCUT2D eigenvalue weighted by molar-refractivity contribution is 7.80. The zero-order chi connectivity index (χ0) is 11.6. The van der Waals surface area contributed by atoms with E-state index in [0.29, 0.717) is 5.06 Å². The smallest absolute Gasteiger partial charge is 0.374 e. The Hall–Kier alpha value is -1.05. The monoisotopic (exact) mass is 242 g/mol. The van der Waals surface area contributed by atoms with Crippen LogP contribution in [0.2, 0.25) is 0 Å². The summed E-state index contributed by atoms with van der Waals surface area (Å²) in [4.78, 5) is 14.5. The molecule has 0 unspecified atom stereocenters. The molecule has 1 aliphatic carbocycles. The van der Waals surface area contributed by atoms with Crippen LogP contribution in [-0.2, 0) is 9.63 Å². The molecular weight excluding hydrogens is 233 g/mol. The molecule has 0 aromatic rings. The summed E-state index contributed by atoms with van der Waals surface area (Å²) in [5.41, 5.74) is 5.12. The molecule has 1 saturated carbocycles. The second-order valence-corrected chi connectivity index (χ2v) is 3.64. The van der Waals surface area contributed by atoms with Crippen LogP contribution in [0, 0.1) is 5.92 Å². The van der Waals surface area contributed by atoms with E-state index in [2.05, 4.69) is 17.1 Å². The molecule has 2 N–H and O–H groups in total. The summed E-state index contributed by atoms with van der Waals surface area (Å²) in [5, 5.41) is 0.238. The van der Waals surface area contributed by atoms with Crippen LogP contribution >= 0.6 is 12.2 Å². The predicted molar refractivity (Wildman–Crippen MR) is 48.4 cm³/mol. The minimum atomic E-state index is -5.04. The van der Waals surface area contributed by atoms with Gasteiger partial charge in [-0.15, -0.1) is 0 Å². The molecule has 0 atom stereocenters. The van der Waals surface area contributed by atoms with Crippen LogP contribution in [-0.4, -0.2) is 28.9 Å². The zero-order valence-electron chi connectivity index (χ0n) is 7.58. The Morgan fingerprint density at radius 1 is 1.53 bits per heavy atom. The largest absolute Gasteiger partial charge is 0.493 e. The normalized spacial score (nSPS) is 15.9. The van der Waals surface area contributed by atoms with E-state index in [1.165, 1.54) is 0 Å². The van der Waals surface area contributed by atoms with Crippen molar-refractivity contribution >= 4 is 23.3 Å². The lowest BCUT2D eigenvalue weighted by molar-refractivity contribution is -0.225. The molecule has 0 heterocycles. The number of hydrogen-bond donors (Lipinski definition) is 1. The van der Waals surface area contributed by atoms with Gasteiger partial charge in [-0.05, 0) is 31.0 Å². The van der Waals surface area contributed by atoms with Gasteiger partial charge in [0.1, 0.15) is 0 Å². The van der Waals surface area contributed by atoms with Gasteiger partial charge in [0, 0.05) is 0 Å². The highest BCUT2D eigenvalue weighted by Gasteiger charge is 2.43. The van der Waals surface area contributed by atoms with E-state index in [-0.39, 0.29) is 17.6 Å². The second kappa shape index (κ2) is 4.21. The third-order valence-electron chi connectivity index (χ3n) is 1.79. The Morgan fingerprint density at radius 2 is 2.07 bits per heavy atom. The van der Waals surface area contributed by atoms with Crippen LogP contribution in [0.25, 0.3) is 0 Å². The van der Waals surface area contributed by atoms with Gasteiger partial charge in [-0.2, -0.15) is 18.2 Å². The van der Waals surface area contributed by atoms with Crippen LogP contribution in [0.15, 0.2) is 0 Å². The Morgan fingerprint density at radius 3 is 2.40 bits per heavy atom. The minimum absolute atomic E-state index is 0.122. The first kappa shape index (κ1) is 12.0. The molecule has 1 rings (SSSR count). The summed E-state index contributed by atoms with van der Waals surface area (Å²) in [6, 6.07) is 0. The Labute approximate surface area is 89.1 Å². The number of carbonyl (C=O) groups is 1. The van der Waals surface area contributed by atoms with Crippen molar-refractivity contribution in [2.75, 3.05) is 6.54 Å². The molecule has 0 aliphatic heterocycles. The fraction of sp³-hybridized carbons (Fsp3) is 0.714. The second-order valence-electron chi connectivity index (χ2n) is 3.22. The number of hydrogen-bond acceptors (Lipinski definition) is 3. The van der Waals surface area contributed by atoms with E-state index in [1.807, 2.05) is 0 Å². The van der Waals surface area contributed by atoms with Crippen molar-refractivity contribution in [1.82, 2.24) is 5.06 Å². The van der Waals surface area contributed by atoms with Crippen molar-refractivity contribution < 1.29 is 22.8 Å². The average molecular weight is 242 g/mol. The maximum Gasteiger partial charge on any atom is 0.493 e. The summed E-state index contributed by atoms with van der Waals surface area (Å²) < 4.78 is 35.5. The third kappa shape index (κ3) is 3.90. The van der Waals surface area contributed by atoms with Crippen LogP contribution in [0.5, 0.6) is 0 Å². The summed E-state index contributed by atoms with van der Waals surface area (Å²) >= 11 is 4.46. The number of halogens is 3. The highest BCUT2D eigenvalue weighted by atomic mass is 32.1. The summed E-state index contributed by atoms with van der Waals surface area (Å²) in [6.45, 7) is 0.122. The maximum absolute atomic E-state index is 11.8. The molecule has 4 nitrogen and oxygen atoms in total. The van der Waals surface area contributed by atoms with Gasteiger partial charge >= 0.3 is 12.1 Å². The lowest BCUT2D eigenvalue weighted by atomic mass is 10.4. The van der Waals surface area contributed by atoms with Crippen molar-refractivity contribution in [3.8, 4) is 0 Å². The Bertz CT molecular complexity index is 278. The molecule has 0 spiro atoms. The lowest BCUT2D eigenvalue weighted by Gasteiger charge is -2.21. The van der Waals surface area contributed by atoms with Crippen molar-refractivity contribution in [2.45, 2.75) is 19.0 Å². The molecule has 0 radical (unpaired) electrons. The molecule has 15 heavy (non-hydrogen) atoms. The Balaban J connectivity index is 2.50. The molecule has 0 bridgehead atoms. The Kier molecular flexibility index (Phi) is 3.38. The van der Waals surface area contributed by atoms with E-state index >= 15 is 0 Å². The topological polar surface area (TPSA) is 55.6 Å². The summed E-state index contributed by atoms with van der Waals surface area (Å²) in [5.74, 6) is -2.11. The van der Waals surface area contributed by atoms with Gasteiger partial charge in [0.15, 0.2) is 5.11 Å². The minimum Gasteiger partial charge on any atom is -0.374 e. The highest BCUT2D eigenvalue weighted by Crippen LogP contribution is 2.30. The molecule has 1 aliphatic rings. The first-order chi connectivity index (χ1) is 6.80. The molecule has 8 heteroatoms.